The van der Waals surface area contributed by atoms with Gasteiger partial charge in [0.05, 0.1) is 6.54 Å². The van der Waals surface area contributed by atoms with Gasteiger partial charge >= 0.3 is 5.97 Å². The van der Waals surface area contributed by atoms with Crippen molar-refractivity contribution in [3.05, 3.63) is 23.2 Å². The maximum atomic E-state index is 11.4. The molecule has 0 unspecified atom stereocenters. The van der Waals surface area contributed by atoms with Crippen molar-refractivity contribution in [2.24, 2.45) is 0 Å². The number of hydrogen-bond acceptors (Lipinski definition) is 4. The van der Waals surface area contributed by atoms with Crippen molar-refractivity contribution in [1.29, 1.82) is 0 Å². The van der Waals surface area contributed by atoms with Gasteiger partial charge in [-0.05, 0) is 19.4 Å². The lowest BCUT2D eigenvalue weighted by molar-refractivity contribution is -0.128. The molecule has 1 amide bonds. The molecule has 20 heavy (non-hydrogen) atoms. The molecule has 6 nitrogen and oxygen atoms in total. The molecule has 0 radical (unpaired) electrons. The number of carbonyl (C=O) groups excluding carboxylic acids is 1. The molecule has 1 saturated heterocycles. The minimum atomic E-state index is -0.962. The van der Waals surface area contributed by atoms with Crippen LogP contribution in [-0.2, 0) is 11.3 Å². The monoisotopic (exact) mass is 280 g/mol. The van der Waals surface area contributed by atoms with Crippen LogP contribution in [0.1, 0.15) is 35.2 Å². The smallest absolute Gasteiger partial charge is 0.339 e. The summed E-state index contributed by atoms with van der Waals surface area (Å²) in [6.07, 6.45) is 0.922. The molecule has 6 heteroatoms. The summed E-state index contributed by atoms with van der Waals surface area (Å²) in [6, 6.07) is 1.59. The molecule has 110 valence electrons. The Balaban J connectivity index is 1.98. The lowest BCUT2D eigenvalue weighted by Crippen LogP contribution is -2.33. The van der Waals surface area contributed by atoms with Gasteiger partial charge in [-0.2, -0.15) is 0 Å². The summed E-state index contributed by atoms with van der Waals surface area (Å²) in [4.78, 5) is 26.4. The Morgan fingerprint density at radius 1 is 1.30 bits per heavy atom. The number of carboxylic acids is 1. The van der Waals surface area contributed by atoms with E-state index in [0.717, 1.165) is 26.1 Å². The minimum Gasteiger partial charge on any atom is -0.478 e. The molecule has 1 aliphatic rings. The first-order chi connectivity index (χ1) is 9.47. The summed E-state index contributed by atoms with van der Waals surface area (Å²) >= 11 is 0. The second-order valence-corrected chi connectivity index (χ2v) is 5.12. The van der Waals surface area contributed by atoms with E-state index in [4.69, 9.17) is 9.52 Å². The van der Waals surface area contributed by atoms with Gasteiger partial charge in [-0.1, -0.05) is 0 Å². The van der Waals surface area contributed by atoms with Crippen LogP contribution in [0.15, 0.2) is 10.5 Å². The van der Waals surface area contributed by atoms with Crippen LogP contribution in [0.2, 0.25) is 0 Å². The van der Waals surface area contributed by atoms with E-state index in [9.17, 15) is 9.59 Å². The first-order valence-corrected chi connectivity index (χ1v) is 6.78. The van der Waals surface area contributed by atoms with Gasteiger partial charge in [0.15, 0.2) is 0 Å². The summed E-state index contributed by atoms with van der Waals surface area (Å²) < 4.78 is 5.49. The zero-order valence-corrected chi connectivity index (χ0v) is 11.9. The highest BCUT2D eigenvalue weighted by Crippen LogP contribution is 2.17. The molecule has 0 bridgehead atoms. The van der Waals surface area contributed by atoms with Gasteiger partial charge in [-0.25, -0.2) is 4.79 Å². The van der Waals surface area contributed by atoms with Gasteiger partial charge in [-0.3, -0.25) is 9.69 Å². The zero-order chi connectivity index (χ0) is 14.7. The summed E-state index contributed by atoms with van der Waals surface area (Å²) in [7, 11) is 0. The van der Waals surface area contributed by atoms with E-state index in [-0.39, 0.29) is 11.5 Å². The summed E-state index contributed by atoms with van der Waals surface area (Å²) in [5.41, 5.74) is 0.222. The molecule has 1 N–H and O–H groups in total. The normalized spacial score (nSPS) is 17.0. The number of hydrogen-bond donors (Lipinski definition) is 1. The van der Waals surface area contributed by atoms with Crippen LogP contribution >= 0.6 is 0 Å². The fraction of sp³-hybridized carbons (Fsp3) is 0.571. The SMILES string of the molecule is CC(=O)N1CCCN(Cc2cc(C(=O)O)c(C)o2)CC1. The highest BCUT2D eigenvalue weighted by atomic mass is 16.4. The van der Waals surface area contributed by atoms with E-state index in [1.54, 1.807) is 19.9 Å². The van der Waals surface area contributed by atoms with Crippen molar-refractivity contribution in [2.75, 3.05) is 26.2 Å². The summed E-state index contributed by atoms with van der Waals surface area (Å²) in [5.74, 6) is 0.244. The zero-order valence-electron chi connectivity index (χ0n) is 11.9. The molecule has 1 aromatic heterocycles. The van der Waals surface area contributed by atoms with E-state index in [2.05, 4.69) is 4.90 Å². The molecule has 0 atom stereocenters. The Kier molecular flexibility index (Phi) is 4.44. The second kappa shape index (κ2) is 6.09. The topological polar surface area (TPSA) is 74.0 Å². The van der Waals surface area contributed by atoms with Crippen molar-refractivity contribution in [3.8, 4) is 0 Å². The van der Waals surface area contributed by atoms with Crippen molar-refractivity contribution in [2.45, 2.75) is 26.8 Å². The van der Waals surface area contributed by atoms with Crippen LogP contribution in [0.5, 0.6) is 0 Å². The number of rotatable bonds is 3. The van der Waals surface area contributed by atoms with Crippen LogP contribution in [0, 0.1) is 6.92 Å². The molecule has 1 aromatic rings. The Bertz CT molecular complexity index is 509. The van der Waals surface area contributed by atoms with Gasteiger partial charge in [0.25, 0.3) is 0 Å². The van der Waals surface area contributed by atoms with E-state index >= 15 is 0 Å². The molecule has 2 rings (SSSR count). The fourth-order valence-electron chi connectivity index (χ4n) is 2.50. The van der Waals surface area contributed by atoms with E-state index in [1.807, 2.05) is 4.90 Å². The van der Waals surface area contributed by atoms with Gasteiger partial charge < -0.3 is 14.4 Å². The van der Waals surface area contributed by atoms with Gasteiger partial charge in [-0.15, -0.1) is 0 Å². The average molecular weight is 280 g/mol. The summed E-state index contributed by atoms with van der Waals surface area (Å²) in [5, 5.41) is 9.01. The predicted octanol–water partition coefficient (Wildman–Crippen LogP) is 1.34. The number of carboxylic acid groups (broad SMARTS) is 1. The third kappa shape index (κ3) is 3.39. The Morgan fingerprint density at radius 2 is 2.05 bits per heavy atom. The van der Waals surface area contributed by atoms with Gasteiger partial charge in [0.2, 0.25) is 5.91 Å². The number of amides is 1. The third-order valence-electron chi connectivity index (χ3n) is 3.61. The maximum Gasteiger partial charge on any atom is 0.339 e. The largest absolute Gasteiger partial charge is 0.478 e. The van der Waals surface area contributed by atoms with E-state index in [1.165, 1.54) is 0 Å². The van der Waals surface area contributed by atoms with E-state index < -0.39 is 5.97 Å². The molecule has 1 fully saturated rings. The van der Waals surface area contributed by atoms with Crippen molar-refractivity contribution in [3.63, 3.8) is 0 Å². The second-order valence-electron chi connectivity index (χ2n) is 5.12. The lowest BCUT2D eigenvalue weighted by atomic mass is 10.2. The highest BCUT2D eigenvalue weighted by molar-refractivity contribution is 5.88. The number of aryl methyl sites for hydroxylation is 1. The highest BCUT2D eigenvalue weighted by Gasteiger charge is 2.19. The van der Waals surface area contributed by atoms with Crippen LogP contribution in [0.25, 0.3) is 0 Å². The predicted molar refractivity (Wildman–Crippen MR) is 72.6 cm³/mol. The standard InChI is InChI=1S/C14H20N2O4/c1-10-13(14(18)19)8-12(20-10)9-15-4-3-5-16(7-6-15)11(2)17/h8H,3-7,9H2,1-2H3,(H,18,19). The van der Waals surface area contributed by atoms with Crippen molar-refractivity contribution in [1.82, 2.24) is 9.80 Å². The maximum absolute atomic E-state index is 11.4. The van der Waals surface area contributed by atoms with Gasteiger partial charge in [0.1, 0.15) is 17.1 Å². The lowest BCUT2D eigenvalue weighted by Gasteiger charge is -2.20. The molecule has 0 spiro atoms. The quantitative estimate of drug-likeness (QED) is 0.904. The van der Waals surface area contributed by atoms with Crippen LogP contribution in [-0.4, -0.2) is 53.0 Å². The van der Waals surface area contributed by atoms with Crippen molar-refractivity contribution < 1.29 is 19.1 Å². The summed E-state index contributed by atoms with van der Waals surface area (Å²) in [6.45, 7) is 6.98. The molecule has 2 heterocycles. The van der Waals surface area contributed by atoms with Gasteiger partial charge in [0, 0.05) is 33.1 Å². The molecule has 0 saturated carbocycles. The fourth-order valence-corrected chi connectivity index (χ4v) is 2.50. The number of nitrogens with zero attached hydrogens (tertiary/aromatic N) is 2. The third-order valence-corrected chi connectivity index (χ3v) is 3.61. The van der Waals surface area contributed by atoms with Crippen LogP contribution in [0.4, 0.5) is 0 Å². The van der Waals surface area contributed by atoms with Crippen LogP contribution in [0.3, 0.4) is 0 Å². The number of carbonyl (C=O) groups is 2. The van der Waals surface area contributed by atoms with E-state index in [0.29, 0.717) is 24.6 Å². The molecule has 0 aromatic carbocycles. The molecule has 0 aliphatic carbocycles. The van der Waals surface area contributed by atoms with Crippen LogP contribution < -0.4 is 0 Å². The Hall–Kier alpha value is -1.82. The molecule has 1 aliphatic heterocycles. The molecular weight excluding hydrogens is 260 g/mol. The first-order valence-electron chi connectivity index (χ1n) is 6.78. The number of aromatic carboxylic acids is 1. The first kappa shape index (κ1) is 14.6. The minimum absolute atomic E-state index is 0.105. The molecular formula is C14H20N2O4. The Labute approximate surface area is 118 Å². The average Bonchev–Trinajstić information content (AvgIpc) is 2.59. The van der Waals surface area contributed by atoms with Crippen molar-refractivity contribution >= 4 is 11.9 Å². The Morgan fingerprint density at radius 3 is 2.65 bits per heavy atom. The number of furan rings is 1.